The van der Waals surface area contributed by atoms with Gasteiger partial charge in [-0.2, -0.15) is 0 Å². The van der Waals surface area contributed by atoms with Crippen LogP contribution in [0.1, 0.15) is 59.8 Å². The van der Waals surface area contributed by atoms with Gasteiger partial charge < -0.3 is 9.47 Å². The third kappa shape index (κ3) is 3.06. The molecule has 1 unspecified atom stereocenters. The number of ether oxygens (including phenoxy) is 2. The van der Waals surface area contributed by atoms with Gasteiger partial charge in [0.15, 0.2) is 5.78 Å². The first-order valence-electron chi connectivity index (χ1n) is 8.38. The van der Waals surface area contributed by atoms with Crippen LogP contribution in [0, 0.1) is 10.8 Å². The zero-order valence-electron chi connectivity index (χ0n) is 14.5. The minimum atomic E-state index is -1.42. The van der Waals surface area contributed by atoms with Gasteiger partial charge in [0.2, 0.25) is 0 Å². The molecule has 0 aromatic heterocycles. The fraction of sp³-hybridized carbons (Fsp3) is 0.722. The summed E-state index contributed by atoms with van der Waals surface area (Å²) in [6.07, 6.45) is 2.78. The van der Waals surface area contributed by atoms with Crippen LogP contribution in [0.4, 0.5) is 0 Å². The lowest BCUT2D eigenvalue weighted by atomic mass is 9.71. The highest BCUT2D eigenvalue weighted by Crippen LogP contribution is 2.53. The van der Waals surface area contributed by atoms with Gasteiger partial charge in [-0.25, -0.2) is 0 Å². The van der Waals surface area contributed by atoms with Crippen molar-refractivity contribution >= 4 is 17.7 Å². The van der Waals surface area contributed by atoms with Crippen LogP contribution < -0.4 is 0 Å². The smallest absolute Gasteiger partial charge is 0.320 e. The fourth-order valence-corrected chi connectivity index (χ4v) is 3.91. The molecule has 1 atom stereocenters. The van der Waals surface area contributed by atoms with Gasteiger partial charge in [-0.15, -0.1) is 0 Å². The molecule has 0 saturated carbocycles. The van der Waals surface area contributed by atoms with Crippen LogP contribution in [0.3, 0.4) is 0 Å². The van der Waals surface area contributed by atoms with Crippen molar-refractivity contribution in [3.05, 3.63) is 11.1 Å². The van der Waals surface area contributed by atoms with Crippen LogP contribution in [-0.4, -0.2) is 30.9 Å². The lowest BCUT2D eigenvalue weighted by molar-refractivity contribution is -0.165. The highest BCUT2D eigenvalue weighted by atomic mass is 16.5. The molecule has 0 amide bonds. The number of hydrogen-bond donors (Lipinski definition) is 0. The lowest BCUT2D eigenvalue weighted by Crippen LogP contribution is -2.42. The summed E-state index contributed by atoms with van der Waals surface area (Å²) in [6, 6.07) is 0. The third-order valence-electron chi connectivity index (χ3n) is 4.91. The molecule has 0 radical (unpaired) electrons. The van der Waals surface area contributed by atoms with E-state index in [-0.39, 0.29) is 30.8 Å². The summed E-state index contributed by atoms with van der Waals surface area (Å²) in [4.78, 5) is 37.8. The van der Waals surface area contributed by atoms with Crippen molar-refractivity contribution in [2.75, 3.05) is 13.2 Å². The van der Waals surface area contributed by atoms with Crippen molar-refractivity contribution in [3.8, 4) is 0 Å². The number of rotatable bonds is 5. The zero-order chi connectivity index (χ0) is 17.3. The molecule has 0 bridgehead atoms. The van der Waals surface area contributed by atoms with Gasteiger partial charge in [-0.05, 0) is 44.9 Å². The number of hydrogen-bond acceptors (Lipinski definition) is 5. The molecule has 5 heteroatoms. The summed E-state index contributed by atoms with van der Waals surface area (Å²) in [7, 11) is 0. The minimum Gasteiger partial charge on any atom is -0.466 e. The monoisotopic (exact) mass is 322 g/mol. The first kappa shape index (κ1) is 17.7. The van der Waals surface area contributed by atoms with Crippen molar-refractivity contribution in [2.24, 2.45) is 10.8 Å². The van der Waals surface area contributed by atoms with Crippen LogP contribution in [-0.2, 0) is 23.9 Å². The number of carbonyl (C=O) groups excluding carboxylic acids is 3. The second kappa shape index (κ2) is 6.46. The summed E-state index contributed by atoms with van der Waals surface area (Å²) >= 11 is 0. The van der Waals surface area contributed by atoms with E-state index in [0.29, 0.717) is 6.42 Å². The summed E-state index contributed by atoms with van der Waals surface area (Å²) in [5, 5.41) is 0. The Bertz CT molecular complexity index is 558. The van der Waals surface area contributed by atoms with Crippen LogP contribution in [0.5, 0.6) is 0 Å². The van der Waals surface area contributed by atoms with E-state index in [1.807, 2.05) is 13.8 Å². The molecule has 2 aliphatic rings. The molecular formula is C18H26O5. The topological polar surface area (TPSA) is 69.7 Å². The van der Waals surface area contributed by atoms with E-state index in [0.717, 1.165) is 30.4 Å². The van der Waals surface area contributed by atoms with Crippen molar-refractivity contribution in [2.45, 2.75) is 59.8 Å². The second-order valence-corrected chi connectivity index (χ2v) is 7.01. The summed E-state index contributed by atoms with van der Waals surface area (Å²) < 4.78 is 10.2. The average Bonchev–Trinajstić information content (AvgIpc) is 2.74. The van der Waals surface area contributed by atoms with Gasteiger partial charge in [0, 0.05) is 5.57 Å². The number of carbonyl (C=O) groups is 3. The summed E-state index contributed by atoms with van der Waals surface area (Å²) in [5.74, 6) is -1.35. The Labute approximate surface area is 137 Å². The Morgan fingerprint density at radius 2 is 1.78 bits per heavy atom. The average molecular weight is 322 g/mol. The number of ketones is 1. The van der Waals surface area contributed by atoms with Gasteiger partial charge in [-0.1, -0.05) is 19.4 Å². The molecule has 0 N–H and O–H groups in total. The number of esters is 2. The third-order valence-corrected chi connectivity index (χ3v) is 4.91. The maximum atomic E-state index is 13.2. The highest BCUT2D eigenvalue weighted by molar-refractivity contribution is 6.17. The second-order valence-electron chi connectivity index (χ2n) is 7.01. The van der Waals surface area contributed by atoms with Gasteiger partial charge in [0.25, 0.3) is 0 Å². The highest BCUT2D eigenvalue weighted by Gasteiger charge is 2.58. The maximum absolute atomic E-state index is 13.2. The predicted molar refractivity (Wildman–Crippen MR) is 84.6 cm³/mol. The van der Waals surface area contributed by atoms with Crippen molar-refractivity contribution in [3.63, 3.8) is 0 Å². The Hall–Kier alpha value is -1.65. The Morgan fingerprint density at radius 3 is 2.35 bits per heavy atom. The van der Waals surface area contributed by atoms with Crippen molar-refractivity contribution in [1.82, 2.24) is 0 Å². The molecule has 0 fully saturated rings. The largest absolute Gasteiger partial charge is 0.466 e. The Morgan fingerprint density at radius 1 is 1.13 bits per heavy atom. The number of Topliss-reactive ketones (excluding diaryl/α,β-unsaturated/α-hetero) is 1. The van der Waals surface area contributed by atoms with Crippen LogP contribution in [0.2, 0.25) is 0 Å². The molecule has 0 saturated heterocycles. The van der Waals surface area contributed by atoms with E-state index in [1.54, 1.807) is 13.8 Å². The fourth-order valence-electron chi connectivity index (χ4n) is 3.91. The maximum Gasteiger partial charge on any atom is 0.320 e. The first-order chi connectivity index (χ1) is 10.8. The zero-order valence-corrected chi connectivity index (χ0v) is 14.5. The van der Waals surface area contributed by atoms with E-state index in [1.165, 1.54) is 0 Å². The lowest BCUT2D eigenvalue weighted by Gasteiger charge is -2.32. The van der Waals surface area contributed by atoms with E-state index < -0.39 is 17.4 Å². The standard InChI is InChI=1S/C18H26O5/c1-5-22-13(19)11-18(16(21)23-6-2)10-12-8-7-9-17(3,4)14(12)15(18)20/h5-11H2,1-4H3. The molecule has 0 heterocycles. The van der Waals surface area contributed by atoms with Gasteiger partial charge in [0.05, 0.1) is 19.6 Å². The molecule has 2 rings (SSSR count). The number of allylic oxidation sites excluding steroid dienone is 2. The Kier molecular flexibility index (Phi) is 4.97. The molecule has 2 aliphatic carbocycles. The van der Waals surface area contributed by atoms with E-state index in [4.69, 9.17) is 9.47 Å². The normalized spacial score (nSPS) is 26.0. The van der Waals surface area contributed by atoms with Crippen LogP contribution >= 0.6 is 0 Å². The van der Waals surface area contributed by atoms with E-state index >= 15 is 0 Å². The molecule has 23 heavy (non-hydrogen) atoms. The molecular weight excluding hydrogens is 296 g/mol. The molecule has 0 aromatic carbocycles. The van der Waals surface area contributed by atoms with E-state index in [9.17, 15) is 14.4 Å². The molecule has 0 aromatic rings. The SMILES string of the molecule is CCOC(=O)CC1(C(=O)OCC)CC2=C(C1=O)C(C)(C)CCC2. The molecule has 5 nitrogen and oxygen atoms in total. The quantitative estimate of drug-likeness (QED) is 0.575. The van der Waals surface area contributed by atoms with Crippen LogP contribution in [0.25, 0.3) is 0 Å². The van der Waals surface area contributed by atoms with E-state index in [2.05, 4.69) is 0 Å². The van der Waals surface area contributed by atoms with Crippen molar-refractivity contribution < 1.29 is 23.9 Å². The van der Waals surface area contributed by atoms with Gasteiger partial charge >= 0.3 is 11.9 Å². The van der Waals surface area contributed by atoms with Crippen LogP contribution in [0.15, 0.2) is 11.1 Å². The van der Waals surface area contributed by atoms with Gasteiger partial charge in [0.1, 0.15) is 5.41 Å². The molecule has 0 spiro atoms. The van der Waals surface area contributed by atoms with Gasteiger partial charge in [-0.3, -0.25) is 14.4 Å². The summed E-state index contributed by atoms with van der Waals surface area (Å²) in [5.41, 5.74) is 0.0759. The minimum absolute atomic E-state index is 0.185. The van der Waals surface area contributed by atoms with Crippen molar-refractivity contribution in [1.29, 1.82) is 0 Å². The Balaban J connectivity index is 2.39. The predicted octanol–water partition coefficient (Wildman–Crippen LogP) is 2.97. The molecule has 0 aliphatic heterocycles. The summed E-state index contributed by atoms with van der Waals surface area (Å²) in [6.45, 7) is 7.88. The molecule has 128 valence electrons. The first-order valence-corrected chi connectivity index (χ1v) is 8.38.